The van der Waals surface area contributed by atoms with Gasteiger partial charge in [-0.3, -0.25) is 9.69 Å². The molecule has 6 heteroatoms. The topological polar surface area (TPSA) is 35.6 Å². The molecule has 2 heterocycles. The SMILES string of the molecule is CC(=O)c1ccc(N2CCN(CC3CCCNC3)CC2)c(F)c1.Cl. The van der Waals surface area contributed by atoms with E-state index in [0.717, 1.165) is 51.7 Å². The highest BCUT2D eigenvalue weighted by Gasteiger charge is 2.23. The molecule has 4 nitrogen and oxygen atoms in total. The molecule has 0 saturated carbocycles. The van der Waals surface area contributed by atoms with Gasteiger partial charge in [0, 0.05) is 38.3 Å². The average molecular weight is 356 g/mol. The highest BCUT2D eigenvalue weighted by Crippen LogP contribution is 2.23. The van der Waals surface area contributed by atoms with E-state index in [1.54, 1.807) is 12.1 Å². The maximum Gasteiger partial charge on any atom is 0.159 e. The number of anilines is 1. The standard InChI is InChI=1S/C18H26FN3O.ClH/c1-14(23)16-4-5-18(17(19)11-16)22-9-7-21(8-10-22)13-15-3-2-6-20-12-15;/h4-5,11,15,20H,2-3,6-10,12-13H2,1H3;1H. The van der Waals surface area contributed by atoms with Crippen LogP contribution in [0, 0.1) is 11.7 Å². The lowest BCUT2D eigenvalue weighted by Gasteiger charge is -2.38. The Hall–Kier alpha value is -1.17. The Morgan fingerprint density at radius 3 is 2.62 bits per heavy atom. The zero-order valence-electron chi connectivity index (χ0n) is 14.3. The van der Waals surface area contributed by atoms with Crippen LogP contribution >= 0.6 is 12.4 Å². The normalized spacial score (nSPS) is 22.1. The number of Topliss-reactive ketones (excluding diaryl/α,β-unsaturated/α-hetero) is 1. The summed E-state index contributed by atoms with van der Waals surface area (Å²) in [7, 11) is 0. The third-order valence-corrected chi connectivity index (χ3v) is 4.98. The van der Waals surface area contributed by atoms with Crippen molar-refractivity contribution in [2.45, 2.75) is 19.8 Å². The van der Waals surface area contributed by atoms with Gasteiger partial charge >= 0.3 is 0 Å². The molecule has 1 aromatic carbocycles. The first-order valence-electron chi connectivity index (χ1n) is 8.62. The second kappa shape index (κ2) is 8.79. The maximum atomic E-state index is 14.2. The minimum atomic E-state index is -0.289. The van der Waals surface area contributed by atoms with Gasteiger partial charge in [-0.25, -0.2) is 4.39 Å². The van der Waals surface area contributed by atoms with Crippen molar-refractivity contribution in [1.82, 2.24) is 10.2 Å². The van der Waals surface area contributed by atoms with Gasteiger partial charge in [0.05, 0.1) is 5.69 Å². The Morgan fingerprint density at radius 2 is 2.04 bits per heavy atom. The van der Waals surface area contributed by atoms with Crippen LogP contribution in [0.2, 0.25) is 0 Å². The van der Waals surface area contributed by atoms with Gasteiger partial charge < -0.3 is 10.2 Å². The summed E-state index contributed by atoms with van der Waals surface area (Å²) in [6, 6.07) is 4.82. The largest absolute Gasteiger partial charge is 0.367 e. The summed E-state index contributed by atoms with van der Waals surface area (Å²) in [6.45, 7) is 8.53. The molecule has 0 aliphatic carbocycles. The highest BCUT2D eigenvalue weighted by molar-refractivity contribution is 5.94. The molecule has 2 aliphatic rings. The monoisotopic (exact) mass is 355 g/mol. The van der Waals surface area contributed by atoms with E-state index in [4.69, 9.17) is 0 Å². The molecular weight excluding hydrogens is 329 g/mol. The van der Waals surface area contributed by atoms with Crippen LogP contribution in [-0.2, 0) is 0 Å². The van der Waals surface area contributed by atoms with Crippen molar-refractivity contribution in [3.63, 3.8) is 0 Å². The zero-order valence-corrected chi connectivity index (χ0v) is 15.1. The van der Waals surface area contributed by atoms with Crippen LogP contribution in [0.25, 0.3) is 0 Å². The van der Waals surface area contributed by atoms with Crippen molar-refractivity contribution in [2.75, 3.05) is 50.7 Å². The first kappa shape index (κ1) is 19.2. The Morgan fingerprint density at radius 1 is 1.29 bits per heavy atom. The molecule has 1 atom stereocenters. The number of rotatable bonds is 4. The summed E-state index contributed by atoms with van der Waals surface area (Å²) >= 11 is 0. The Labute approximate surface area is 149 Å². The average Bonchev–Trinajstić information content (AvgIpc) is 2.56. The highest BCUT2D eigenvalue weighted by atomic mass is 35.5. The Bertz CT molecular complexity index is 555. The summed E-state index contributed by atoms with van der Waals surface area (Å²) < 4.78 is 14.2. The minimum Gasteiger partial charge on any atom is -0.367 e. The summed E-state index contributed by atoms with van der Waals surface area (Å²) in [5.74, 6) is 0.367. The van der Waals surface area contributed by atoms with Crippen LogP contribution in [-0.4, -0.2) is 56.5 Å². The molecule has 1 aromatic rings. The number of piperidine rings is 1. The molecule has 2 fully saturated rings. The lowest BCUT2D eigenvalue weighted by Crippen LogP contribution is -2.49. The molecule has 1 unspecified atom stereocenters. The smallest absolute Gasteiger partial charge is 0.159 e. The van der Waals surface area contributed by atoms with Gasteiger partial charge in [0.1, 0.15) is 5.82 Å². The summed E-state index contributed by atoms with van der Waals surface area (Å²) in [5, 5.41) is 3.47. The quantitative estimate of drug-likeness (QED) is 0.842. The number of hydrogen-bond donors (Lipinski definition) is 1. The third-order valence-electron chi connectivity index (χ3n) is 4.98. The summed E-state index contributed by atoms with van der Waals surface area (Å²) in [5.41, 5.74) is 1.06. The fraction of sp³-hybridized carbons (Fsp3) is 0.611. The van der Waals surface area contributed by atoms with Gasteiger partial charge in [-0.1, -0.05) is 0 Å². The predicted octanol–water partition coefficient (Wildman–Crippen LogP) is 2.57. The van der Waals surface area contributed by atoms with Crippen LogP contribution < -0.4 is 10.2 Å². The van der Waals surface area contributed by atoms with Crippen LogP contribution in [0.15, 0.2) is 18.2 Å². The second-order valence-electron chi connectivity index (χ2n) is 6.72. The van der Waals surface area contributed by atoms with Crippen molar-refractivity contribution in [3.8, 4) is 0 Å². The minimum absolute atomic E-state index is 0. The van der Waals surface area contributed by atoms with Crippen molar-refractivity contribution >= 4 is 23.9 Å². The number of hydrogen-bond acceptors (Lipinski definition) is 4. The second-order valence-corrected chi connectivity index (χ2v) is 6.72. The molecule has 2 saturated heterocycles. The van der Waals surface area contributed by atoms with E-state index in [0.29, 0.717) is 11.3 Å². The van der Waals surface area contributed by atoms with Gasteiger partial charge in [0.25, 0.3) is 0 Å². The summed E-state index contributed by atoms with van der Waals surface area (Å²) in [6.07, 6.45) is 2.59. The van der Waals surface area contributed by atoms with Gasteiger partial charge in [-0.15, -0.1) is 12.4 Å². The number of halogens is 2. The van der Waals surface area contributed by atoms with Crippen molar-refractivity contribution in [1.29, 1.82) is 0 Å². The molecule has 2 aliphatic heterocycles. The number of carbonyl (C=O) groups is 1. The molecule has 134 valence electrons. The molecule has 0 amide bonds. The number of benzene rings is 1. The van der Waals surface area contributed by atoms with E-state index in [1.165, 1.54) is 25.8 Å². The molecule has 0 bridgehead atoms. The first-order valence-corrected chi connectivity index (χ1v) is 8.62. The number of nitrogens with zero attached hydrogens (tertiary/aromatic N) is 2. The maximum absolute atomic E-state index is 14.2. The first-order chi connectivity index (χ1) is 11.1. The molecule has 0 radical (unpaired) electrons. The van der Waals surface area contributed by atoms with Gasteiger partial charge in [0.2, 0.25) is 0 Å². The number of piperazine rings is 1. The summed E-state index contributed by atoms with van der Waals surface area (Å²) in [4.78, 5) is 15.9. The Balaban J connectivity index is 0.00000208. The molecule has 0 spiro atoms. The lowest BCUT2D eigenvalue weighted by molar-refractivity contribution is 0.101. The molecule has 0 aromatic heterocycles. The van der Waals surface area contributed by atoms with E-state index < -0.39 is 0 Å². The molecule has 1 N–H and O–H groups in total. The van der Waals surface area contributed by atoms with E-state index in [-0.39, 0.29) is 24.0 Å². The van der Waals surface area contributed by atoms with E-state index in [9.17, 15) is 9.18 Å². The van der Waals surface area contributed by atoms with Crippen molar-refractivity contribution in [2.24, 2.45) is 5.92 Å². The number of nitrogens with one attached hydrogen (secondary N) is 1. The van der Waals surface area contributed by atoms with Crippen LogP contribution in [0.4, 0.5) is 10.1 Å². The lowest BCUT2D eigenvalue weighted by atomic mass is 9.99. The van der Waals surface area contributed by atoms with Crippen molar-refractivity contribution in [3.05, 3.63) is 29.6 Å². The van der Waals surface area contributed by atoms with Crippen LogP contribution in [0.5, 0.6) is 0 Å². The molecule has 24 heavy (non-hydrogen) atoms. The molecular formula is C18H27ClFN3O. The predicted molar refractivity (Wildman–Crippen MR) is 97.9 cm³/mol. The van der Waals surface area contributed by atoms with E-state index >= 15 is 0 Å². The van der Waals surface area contributed by atoms with Gasteiger partial charge in [0.15, 0.2) is 5.78 Å². The van der Waals surface area contributed by atoms with Crippen LogP contribution in [0.1, 0.15) is 30.1 Å². The zero-order chi connectivity index (χ0) is 16.2. The van der Waals surface area contributed by atoms with Gasteiger partial charge in [-0.2, -0.15) is 0 Å². The fourth-order valence-electron chi connectivity index (χ4n) is 3.60. The van der Waals surface area contributed by atoms with Crippen molar-refractivity contribution < 1.29 is 9.18 Å². The number of ketones is 1. The molecule has 3 rings (SSSR count). The van der Waals surface area contributed by atoms with E-state index in [1.807, 2.05) is 0 Å². The van der Waals surface area contributed by atoms with Gasteiger partial charge in [-0.05, 0) is 57.0 Å². The van der Waals surface area contributed by atoms with E-state index in [2.05, 4.69) is 15.1 Å². The fourth-order valence-corrected chi connectivity index (χ4v) is 3.60. The third kappa shape index (κ3) is 4.68. The number of carbonyl (C=O) groups excluding carboxylic acids is 1. The van der Waals surface area contributed by atoms with Crippen LogP contribution in [0.3, 0.4) is 0 Å². The Kier molecular flexibility index (Phi) is 7.02.